The Balaban J connectivity index is 1.75. The summed E-state index contributed by atoms with van der Waals surface area (Å²) in [4.78, 5) is 7.69. The molecule has 0 N–H and O–H groups in total. The van der Waals surface area contributed by atoms with Crippen LogP contribution in [0.5, 0.6) is 5.75 Å². The molecular weight excluding hydrogens is 404 g/mol. The monoisotopic (exact) mass is 442 g/mol. The van der Waals surface area contributed by atoms with Gasteiger partial charge < -0.3 is 4.74 Å². The number of ether oxygens (including phenoxy) is 1. The van der Waals surface area contributed by atoms with Gasteiger partial charge in [0.1, 0.15) is 5.75 Å². The molecule has 2 aromatic carbocycles. The van der Waals surface area contributed by atoms with Gasteiger partial charge in [0.05, 0.1) is 12.8 Å². The number of rotatable bonds is 7. The van der Waals surface area contributed by atoms with Crippen molar-refractivity contribution in [2.45, 2.75) is 72.4 Å². The number of methoxy groups -OCH3 is 1. The van der Waals surface area contributed by atoms with E-state index in [2.05, 4.69) is 82.1 Å². The predicted molar refractivity (Wildman–Crippen MR) is 138 cm³/mol. The van der Waals surface area contributed by atoms with E-state index in [1.807, 2.05) is 0 Å². The summed E-state index contributed by atoms with van der Waals surface area (Å²) < 4.78 is 6.06. The quantitative estimate of drug-likeness (QED) is 0.393. The molecule has 0 aliphatic heterocycles. The fourth-order valence-electron chi connectivity index (χ4n) is 5.62. The molecule has 1 atom stereocenters. The number of hydrogen-bond acceptors (Lipinski definition) is 3. The third-order valence-electron chi connectivity index (χ3n) is 7.40. The first-order chi connectivity index (χ1) is 16.0. The van der Waals surface area contributed by atoms with Crippen LogP contribution in [0.1, 0.15) is 71.8 Å². The highest BCUT2D eigenvalue weighted by atomic mass is 16.5. The Morgan fingerprint density at radius 2 is 1.70 bits per heavy atom. The highest BCUT2D eigenvalue weighted by molar-refractivity contribution is 5.73. The molecule has 1 unspecified atom stereocenters. The van der Waals surface area contributed by atoms with Gasteiger partial charge in [-0.3, -0.25) is 9.88 Å². The molecule has 0 bridgehead atoms. The second-order valence-electron chi connectivity index (χ2n) is 9.36. The van der Waals surface area contributed by atoms with Crippen LogP contribution < -0.4 is 4.74 Å². The molecule has 3 nitrogen and oxygen atoms in total. The van der Waals surface area contributed by atoms with Crippen LogP contribution in [-0.2, 0) is 25.8 Å². The molecule has 0 radical (unpaired) electrons. The third-order valence-corrected chi connectivity index (χ3v) is 7.40. The number of nitrogens with zero attached hydrogens (tertiary/aromatic N) is 2. The van der Waals surface area contributed by atoms with Crippen LogP contribution in [-0.4, -0.2) is 24.0 Å². The molecule has 4 rings (SSSR count). The predicted octanol–water partition coefficient (Wildman–Crippen LogP) is 7.01. The van der Waals surface area contributed by atoms with Crippen molar-refractivity contribution in [3.05, 3.63) is 81.5 Å². The Bertz CT molecular complexity index is 1110. The van der Waals surface area contributed by atoms with Crippen molar-refractivity contribution < 1.29 is 4.74 Å². The highest BCUT2D eigenvalue weighted by Gasteiger charge is 2.26. The Morgan fingerprint density at radius 3 is 2.36 bits per heavy atom. The van der Waals surface area contributed by atoms with Crippen molar-refractivity contribution in [2.24, 2.45) is 0 Å². The van der Waals surface area contributed by atoms with Gasteiger partial charge >= 0.3 is 0 Å². The number of fused-ring (bicyclic) bond motifs is 1. The van der Waals surface area contributed by atoms with Gasteiger partial charge in [-0.2, -0.15) is 0 Å². The second kappa shape index (κ2) is 10.1. The molecule has 1 heterocycles. The number of aryl methyl sites for hydroxylation is 4. The van der Waals surface area contributed by atoms with E-state index in [-0.39, 0.29) is 0 Å². The lowest BCUT2D eigenvalue weighted by molar-refractivity contribution is 0.210. The summed E-state index contributed by atoms with van der Waals surface area (Å²) in [5.74, 6) is 0.987. The minimum absolute atomic E-state index is 0.437. The SMILES string of the molecule is CCc1cccc(CC)c1-c1nc(C)c(CN(C)C2CCCc3ccccc32)c(OC)c1C. The van der Waals surface area contributed by atoms with E-state index in [1.165, 1.54) is 52.6 Å². The summed E-state index contributed by atoms with van der Waals surface area (Å²) in [6, 6.07) is 16.0. The Labute approximate surface area is 199 Å². The van der Waals surface area contributed by atoms with E-state index in [0.717, 1.165) is 42.1 Å². The molecule has 33 heavy (non-hydrogen) atoms. The van der Waals surface area contributed by atoms with Gasteiger partial charge in [-0.15, -0.1) is 0 Å². The zero-order valence-corrected chi connectivity index (χ0v) is 21.2. The van der Waals surface area contributed by atoms with Gasteiger partial charge in [0, 0.05) is 35.0 Å². The van der Waals surface area contributed by atoms with Crippen LogP contribution in [0.25, 0.3) is 11.3 Å². The molecule has 0 amide bonds. The lowest BCUT2D eigenvalue weighted by Crippen LogP contribution is -2.28. The normalized spacial score (nSPS) is 15.5. The van der Waals surface area contributed by atoms with Crippen LogP contribution in [0, 0.1) is 13.8 Å². The van der Waals surface area contributed by atoms with Gasteiger partial charge in [-0.1, -0.05) is 56.3 Å². The number of benzene rings is 2. The van der Waals surface area contributed by atoms with Gasteiger partial charge in [0.2, 0.25) is 0 Å². The van der Waals surface area contributed by atoms with Gasteiger partial charge in [0.15, 0.2) is 0 Å². The first-order valence-electron chi connectivity index (χ1n) is 12.4. The average Bonchev–Trinajstić information content (AvgIpc) is 2.85. The topological polar surface area (TPSA) is 25.4 Å². The smallest absolute Gasteiger partial charge is 0.130 e. The van der Waals surface area contributed by atoms with Crippen LogP contribution in [0.3, 0.4) is 0 Å². The van der Waals surface area contributed by atoms with E-state index >= 15 is 0 Å². The highest BCUT2D eigenvalue weighted by Crippen LogP contribution is 2.39. The minimum Gasteiger partial charge on any atom is -0.496 e. The standard InChI is InChI=1S/C30H38N2O/c1-7-22-14-11-15-23(8-2)28(22)29-20(3)30(33-6)26(21(4)31-29)19-32(5)27-18-12-16-24-13-9-10-17-25(24)27/h9-11,13-15,17,27H,7-8,12,16,18-19H2,1-6H3. The fourth-order valence-corrected chi connectivity index (χ4v) is 5.62. The van der Waals surface area contributed by atoms with E-state index in [9.17, 15) is 0 Å². The van der Waals surface area contributed by atoms with Gasteiger partial charge in [-0.05, 0) is 75.3 Å². The van der Waals surface area contributed by atoms with Crippen molar-refractivity contribution in [1.82, 2.24) is 9.88 Å². The van der Waals surface area contributed by atoms with Crippen LogP contribution in [0.2, 0.25) is 0 Å². The maximum absolute atomic E-state index is 6.06. The van der Waals surface area contributed by atoms with Gasteiger partial charge in [-0.25, -0.2) is 0 Å². The van der Waals surface area contributed by atoms with E-state index < -0.39 is 0 Å². The first-order valence-corrected chi connectivity index (χ1v) is 12.4. The summed E-state index contributed by atoms with van der Waals surface area (Å²) in [5, 5.41) is 0. The molecule has 1 aromatic heterocycles. The molecule has 1 aliphatic carbocycles. The number of aromatic nitrogens is 1. The summed E-state index contributed by atoms with van der Waals surface area (Å²) in [5.41, 5.74) is 11.5. The molecule has 1 aliphatic rings. The maximum atomic E-state index is 6.06. The van der Waals surface area contributed by atoms with E-state index in [1.54, 1.807) is 7.11 Å². The number of hydrogen-bond donors (Lipinski definition) is 0. The summed E-state index contributed by atoms with van der Waals surface area (Å²) >= 11 is 0. The van der Waals surface area contributed by atoms with Crippen molar-refractivity contribution in [3.63, 3.8) is 0 Å². The molecule has 3 aromatic rings. The fraction of sp³-hybridized carbons (Fsp3) is 0.433. The zero-order valence-electron chi connectivity index (χ0n) is 21.2. The van der Waals surface area contributed by atoms with Crippen LogP contribution in [0.4, 0.5) is 0 Å². The first kappa shape index (κ1) is 23.5. The Kier molecular flexibility index (Phi) is 7.19. The summed E-state index contributed by atoms with van der Waals surface area (Å²) in [6.45, 7) is 9.60. The van der Waals surface area contributed by atoms with E-state index in [4.69, 9.17) is 9.72 Å². The van der Waals surface area contributed by atoms with Crippen molar-refractivity contribution in [1.29, 1.82) is 0 Å². The minimum atomic E-state index is 0.437. The largest absolute Gasteiger partial charge is 0.496 e. The average molecular weight is 443 g/mol. The van der Waals surface area contributed by atoms with Crippen molar-refractivity contribution in [2.75, 3.05) is 14.2 Å². The lowest BCUT2D eigenvalue weighted by Gasteiger charge is -2.34. The molecule has 174 valence electrons. The molecule has 0 saturated carbocycles. The molecule has 0 spiro atoms. The summed E-state index contributed by atoms with van der Waals surface area (Å²) in [7, 11) is 4.05. The molecule has 0 saturated heterocycles. The number of pyridine rings is 1. The lowest BCUT2D eigenvalue weighted by atomic mass is 9.86. The molecule has 0 fully saturated rings. The third kappa shape index (κ3) is 4.44. The maximum Gasteiger partial charge on any atom is 0.130 e. The zero-order chi connectivity index (χ0) is 23.5. The van der Waals surface area contributed by atoms with Gasteiger partial charge in [0.25, 0.3) is 0 Å². The second-order valence-corrected chi connectivity index (χ2v) is 9.36. The van der Waals surface area contributed by atoms with Crippen molar-refractivity contribution >= 4 is 0 Å². The van der Waals surface area contributed by atoms with Crippen LogP contribution >= 0.6 is 0 Å². The van der Waals surface area contributed by atoms with E-state index in [0.29, 0.717) is 6.04 Å². The Hall–Kier alpha value is -2.65. The molecule has 3 heteroatoms. The summed E-state index contributed by atoms with van der Waals surface area (Å²) in [6.07, 6.45) is 5.62. The molecular formula is C30H38N2O. The van der Waals surface area contributed by atoms with Crippen molar-refractivity contribution in [3.8, 4) is 17.0 Å². The van der Waals surface area contributed by atoms with Crippen LogP contribution in [0.15, 0.2) is 42.5 Å². The Morgan fingerprint density at radius 1 is 1.00 bits per heavy atom.